The predicted molar refractivity (Wildman–Crippen MR) is 89.3 cm³/mol. The Morgan fingerprint density at radius 2 is 1.80 bits per heavy atom. The van der Waals surface area contributed by atoms with Crippen molar-refractivity contribution in [3.63, 3.8) is 0 Å². The molecule has 1 aliphatic rings. The summed E-state index contributed by atoms with van der Waals surface area (Å²) in [6.07, 6.45) is 1.48. The van der Waals surface area contributed by atoms with Gasteiger partial charge >= 0.3 is 5.97 Å². The summed E-state index contributed by atoms with van der Waals surface area (Å²) >= 11 is 0. The summed E-state index contributed by atoms with van der Waals surface area (Å²) < 4.78 is 17.7. The van der Waals surface area contributed by atoms with E-state index in [4.69, 9.17) is 4.74 Å². The molecular weight excluding hydrogens is 327 g/mol. The van der Waals surface area contributed by atoms with Gasteiger partial charge < -0.3 is 15.0 Å². The Morgan fingerprint density at radius 3 is 2.40 bits per heavy atom. The van der Waals surface area contributed by atoms with Crippen LogP contribution in [0.15, 0.2) is 24.3 Å². The van der Waals surface area contributed by atoms with Crippen LogP contribution in [0.3, 0.4) is 0 Å². The van der Waals surface area contributed by atoms with Gasteiger partial charge in [-0.15, -0.1) is 0 Å². The van der Waals surface area contributed by atoms with E-state index in [0.717, 1.165) is 0 Å². The first-order chi connectivity index (χ1) is 12.0. The lowest BCUT2D eigenvalue weighted by molar-refractivity contribution is -0.144. The molecule has 0 unspecified atom stereocenters. The highest BCUT2D eigenvalue weighted by Gasteiger charge is 2.24. The summed E-state index contributed by atoms with van der Waals surface area (Å²) in [6.45, 7) is 3.08. The van der Waals surface area contributed by atoms with Crippen LogP contribution in [0.5, 0.6) is 0 Å². The second-order valence-electron chi connectivity index (χ2n) is 5.95. The molecule has 0 aliphatic carbocycles. The van der Waals surface area contributed by atoms with Gasteiger partial charge in [0, 0.05) is 31.1 Å². The van der Waals surface area contributed by atoms with Crippen LogP contribution in [0.25, 0.3) is 0 Å². The average Bonchev–Trinajstić information content (AvgIpc) is 2.61. The van der Waals surface area contributed by atoms with E-state index >= 15 is 0 Å². The molecule has 1 aromatic rings. The summed E-state index contributed by atoms with van der Waals surface area (Å²) in [5, 5.41) is 2.89. The standard InChI is InChI=1S/C18H23FN2O4/c1-2-25-17(23)8-7-16(22)20-15-9-11-21(12-10-15)18(24)13-3-5-14(19)6-4-13/h3-6,15H,2,7-12H2,1H3,(H,20,22). The van der Waals surface area contributed by atoms with Crippen molar-refractivity contribution in [1.29, 1.82) is 0 Å². The first-order valence-corrected chi connectivity index (χ1v) is 8.49. The molecule has 0 aromatic heterocycles. The van der Waals surface area contributed by atoms with Gasteiger partial charge in [0.1, 0.15) is 5.82 Å². The number of likely N-dealkylation sites (tertiary alicyclic amines) is 1. The number of ether oxygens (including phenoxy) is 1. The molecule has 1 saturated heterocycles. The highest BCUT2D eigenvalue weighted by Crippen LogP contribution is 2.15. The van der Waals surface area contributed by atoms with Crippen molar-refractivity contribution in [2.75, 3.05) is 19.7 Å². The molecule has 1 aromatic carbocycles. The third kappa shape index (κ3) is 5.85. The Kier molecular flexibility index (Phi) is 6.91. The molecule has 2 rings (SSSR count). The van der Waals surface area contributed by atoms with Crippen molar-refractivity contribution >= 4 is 17.8 Å². The molecule has 1 N–H and O–H groups in total. The maximum atomic E-state index is 12.9. The lowest BCUT2D eigenvalue weighted by atomic mass is 10.0. The second-order valence-corrected chi connectivity index (χ2v) is 5.95. The summed E-state index contributed by atoms with van der Waals surface area (Å²) in [5.41, 5.74) is 0.457. The van der Waals surface area contributed by atoms with E-state index in [1.165, 1.54) is 24.3 Å². The Balaban J connectivity index is 1.74. The number of halogens is 1. The number of nitrogens with zero attached hydrogens (tertiary/aromatic N) is 1. The molecule has 6 nitrogen and oxygen atoms in total. The number of carbonyl (C=O) groups is 3. The number of amides is 2. The number of esters is 1. The lowest BCUT2D eigenvalue weighted by Crippen LogP contribution is -2.46. The van der Waals surface area contributed by atoms with Gasteiger partial charge in [0.2, 0.25) is 5.91 Å². The van der Waals surface area contributed by atoms with Crippen LogP contribution in [-0.2, 0) is 14.3 Å². The molecule has 0 spiro atoms. The van der Waals surface area contributed by atoms with E-state index in [9.17, 15) is 18.8 Å². The number of carbonyl (C=O) groups excluding carboxylic acids is 3. The zero-order valence-corrected chi connectivity index (χ0v) is 14.3. The monoisotopic (exact) mass is 350 g/mol. The van der Waals surface area contributed by atoms with E-state index in [1.54, 1.807) is 11.8 Å². The van der Waals surface area contributed by atoms with Crippen molar-refractivity contribution in [3.05, 3.63) is 35.6 Å². The van der Waals surface area contributed by atoms with Crippen LogP contribution >= 0.6 is 0 Å². The lowest BCUT2D eigenvalue weighted by Gasteiger charge is -2.32. The fraction of sp³-hybridized carbons (Fsp3) is 0.500. The minimum Gasteiger partial charge on any atom is -0.466 e. The van der Waals surface area contributed by atoms with Gasteiger partial charge in [-0.1, -0.05) is 0 Å². The van der Waals surface area contributed by atoms with Crippen LogP contribution < -0.4 is 5.32 Å². The van der Waals surface area contributed by atoms with Gasteiger partial charge in [-0.2, -0.15) is 0 Å². The van der Waals surface area contributed by atoms with Crippen molar-refractivity contribution in [1.82, 2.24) is 10.2 Å². The first-order valence-electron chi connectivity index (χ1n) is 8.49. The van der Waals surface area contributed by atoms with Crippen molar-refractivity contribution in [2.45, 2.75) is 38.6 Å². The van der Waals surface area contributed by atoms with Crippen molar-refractivity contribution in [2.24, 2.45) is 0 Å². The van der Waals surface area contributed by atoms with Crippen LogP contribution in [0.1, 0.15) is 43.0 Å². The third-order valence-electron chi connectivity index (χ3n) is 4.10. The van der Waals surface area contributed by atoms with Crippen LogP contribution in [-0.4, -0.2) is 48.4 Å². The fourth-order valence-corrected chi connectivity index (χ4v) is 2.75. The molecule has 0 bridgehead atoms. The first kappa shape index (κ1) is 18.9. The summed E-state index contributed by atoms with van der Waals surface area (Å²) in [7, 11) is 0. The van der Waals surface area contributed by atoms with Gasteiger partial charge in [0.05, 0.1) is 13.0 Å². The highest BCUT2D eigenvalue weighted by molar-refractivity contribution is 5.94. The van der Waals surface area contributed by atoms with E-state index < -0.39 is 0 Å². The topological polar surface area (TPSA) is 75.7 Å². The Hall–Kier alpha value is -2.44. The molecular formula is C18H23FN2O4. The number of piperidine rings is 1. The Bertz CT molecular complexity index is 610. The van der Waals surface area contributed by atoms with Crippen LogP contribution in [0, 0.1) is 5.82 Å². The zero-order valence-electron chi connectivity index (χ0n) is 14.3. The molecule has 1 fully saturated rings. The van der Waals surface area contributed by atoms with E-state index in [-0.39, 0.29) is 42.5 Å². The molecule has 25 heavy (non-hydrogen) atoms. The van der Waals surface area contributed by atoms with E-state index in [1.807, 2.05) is 0 Å². The normalized spacial score (nSPS) is 14.9. The molecule has 2 amide bonds. The zero-order chi connectivity index (χ0) is 18.2. The fourth-order valence-electron chi connectivity index (χ4n) is 2.75. The van der Waals surface area contributed by atoms with Gasteiger partial charge in [0.25, 0.3) is 5.91 Å². The summed E-state index contributed by atoms with van der Waals surface area (Å²) in [4.78, 5) is 37.1. The molecule has 1 heterocycles. The number of rotatable bonds is 6. The van der Waals surface area contributed by atoms with E-state index in [0.29, 0.717) is 38.1 Å². The average molecular weight is 350 g/mol. The number of hydrogen-bond acceptors (Lipinski definition) is 4. The van der Waals surface area contributed by atoms with Gasteiger partial charge in [-0.05, 0) is 44.0 Å². The molecule has 0 saturated carbocycles. The van der Waals surface area contributed by atoms with Gasteiger partial charge in [-0.3, -0.25) is 14.4 Å². The van der Waals surface area contributed by atoms with Crippen molar-refractivity contribution in [3.8, 4) is 0 Å². The minimum atomic E-state index is -0.377. The maximum absolute atomic E-state index is 12.9. The largest absolute Gasteiger partial charge is 0.466 e. The maximum Gasteiger partial charge on any atom is 0.306 e. The quantitative estimate of drug-likeness (QED) is 0.795. The Morgan fingerprint density at radius 1 is 1.16 bits per heavy atom. The smallest absolute Gasteiger partial charge is 0.306 e. The highest BCUT2D eigenvalue weighted by atomic mass is 19.1. The van der Waals surface area contributed by atoms with Crippen LogP contribution in [0.2, 0.25) is 0 Å². The van der Waals surface area contributed by atoms with E-state index in [2.05, 4.69) is 5.32 Å². The van der Waals surface area contributed by atoms with Gasteiger partial charge in [0.15, 0.2) is 0 Å². The number of benzene rings is 1. The second kappa shape index (κ2) is 9.15. The van der Waals surface area contributed by atoms with Crippen LogP contribution in [0.4, 0.5) is 4.39 Å². The number of nitrogens with one attached hydrogen (secondary N) is 1. The van der Waals surface area contributed by atoms with Crippen molar-refractivity contribution < 1.29 is 23.5 Å². The summed E-state index contributed by atoms with van der Waals surface area (Å²) in [5.74, 6) is -1.07. The molecule has 0 radical (unpaired) electrons. The summed E-state index contributed by atoms with van der Waals surface area (Å²) in [6, 6.07) is 5.47. The Labute approximate surface area is 146 Å². The molecule has 0 atom stereocenters. The minimum absolute atomic E-state index is 0.00744. The van der Waals surface area contributed by atoms with Gasteiger partial charge in [-0.25, -0.2) is 4.39 Å². The molecule has 136 valence electrons. The SMILES string of the molecule is CCOC(=O)CCC(=O)NC1CCN(C(=O)c2ccc(F)cc2)CC1. The third-order valence-corrected chi connectivity index (χ3v) is 4.10. The molecule has 1 aliphatic heterocycles. The number of hydrogen-bond donors (Lipinski definition) is 1. The molecule has 7 heteroatoms. The predicted octanol–water partition coefficient (Wildman–Crippen LogP) is 1.89.